The summed E-state index contributed by atoms with van der Waals surface area (Å²) in [5.41, 5.74) is 0.820. The first-order chi connectivity index (χ1) is 13.1. The number of benzene rings is 1. The number of aromatic nitrogens is 1. The third kappa shape index (κ3) is 3.84. The van der Waals surface area contributed by atoms with Crippen LogP contribution in [0.4, 0.5) is 0 Å². The fraction of sp³-hybridized carbons (Fsp3) is 0.458. The zero-order chi connectivity index (χ0) is 20.6. The SMILES string of the molecule is CC(C)c1ccc([C@](O)(c2ccnc(C#CC(C)(C)O)c2)C2(C)CNC2)cc1. The van der Waals surface area contributed by atoms with E-state index in [1.165, 1.54) is 5.56 Å². The molecule has 0 unspecified atom stereocenters. The summed E-state index contributed by atoms with van der Waals surface area (Å²) in [5, 5.41) is 25.2. The number of rotatable bonds is 4. The summed E-state index contributed by atoms with van der Waals surface area (Å²) in [6.07, 6.45) is 1.67. The molecule has 1 aliphatic heterocycles. The van der Waals surface area contributed by atoms with Gasteiger partial charge in [-0.2, -0.15) is 0 Å². The quantitative estimate of drug-likeness (QED) is 0.715. The van der Waals surface area contributed by atoms with Crippen molar-refractivity contribution >= 4 is 0 Å². The van der Waals surface area contributed by atoms with Crippen molar-refractivity contribution in [1.82, 2.24) is 10.3 Å². The van der Waals surface area contributed by atoms with Crippen LogP contribution >= 0.6 is 0 Å². The third-order valence-electron chi connectivity index (χ3n) is 5.57. The van der Waals surface area contributed by atoms with E-state index >= 15 is 0 Å². The van der Waals surface area contributed by atoms with Gasteiger partial charge in [-0.05, 0) is 54.5 Å². The molecule has 1 aromatic heterocycles. The van der Waals surface area contributed by atoms with Crippen LogP contribution in [0.1, 0.15) is 62.9 Å². The number of hydrogen-bond donors (Lipinski definition) is 3. The van der Waals surface area contributed by atoms with Gasteiger partial charge < -0.3 is 15.5 Å². The maximum Gasteiger partial charge on any atom is 0.122 e. The maximum absolute atomic E-state index is 12.0. The van der Waals surface area contributed by atoms with Crippen LogP contribution in [0, 0.1) is 17.3 Å². The molecule has 1 saturated heterocycles. The fourth-order valence-corrected chi connectivity index (χ4v) is 3.67. The van der Waals surface area contributed by atoms with E-state index < -0.39 is 11.2 Å². The summed E-state index contributed by atoms with van der Waals surface area (Å²) in [7, 11) is 0. The number of nitrogens with zero attached hydrogens (tertiary/aromatic N) is 1. The van der Waals surface area contributed by atoms with Crippen molar-refractivity contribution in [2.45, 2.75) is 51.7 Å². The minimum absolute atomic E-state index is 0.339. The molecule has 0 spiro atoms. The van der Waals surface area contributed by atoms with Gasteiger partial charge in [0.25, 0.3) is 0 Å². The first-order valence-electron chi connectivity index (χ1n) is 9.81. The van der Waals surface area contributed by atoms with Crippen molar-refractivity contribution in [2.75, 3.05) is 13.1 Å². The molecule has 0 aliphatic carbocycles. The largest absolute Gasteiger partial charge is 0.380 e. The van der Waals surface area contributed by atoms with E-state index in [1.54, 1.807) is 20.0 Å². The molecule has 4 nitrogen and oxygen atoms in total. The Kier molecular flexibility index (Phi) is 5.38. The molecule has 2 aromatic rings. The van der Waals surface area contributed by atoms with E-state index in [0.29, 0.717) is 11.6 Å². The molecule has 1 fully saturated rings. The molecule has 3 N–H and O–H groups in total. The van der Waals surface area contributed by atoms with E-state index in [2.05, 4.69) is 55.0 Å². The summed E-state index contributed by atoms with van der Waals surface area (Å²) in [6.45, 7) is 11.1. The van der Waals surface area contributed by atoms with E-state index in [9.17, 15) is 10.2 Å². The van der Waals surface area contributed by atoms with Crippen LogP contribution in [0.5, 0.6) is 0 Å². The predicted molar refractivity (Wildman–Crippen MR) is 112 cm³/mol. The second-order valence-corrected chi connectivity index (χ2v) is 8.89. The van der Waals surface area contributed by atoms with E-state index in [-0.39, 0.29) is 5.41 Å². The van der Waals surface area contributed by atoms with Gasteiger partial charge in [-0.1, -0.05) is 51.0 Å². The van der Waals surface area contributed by atoms with E-state index in [4.69, 9.17) is 0 Å². The highest BCUT2D eigenvalue weighted by Crippen LogP contribution is 2.47. The topological polar surface area (TPSA) is 65.4 Å². The summed E-state index contributed by atoms with van der Waals surface area (Å²) in [4.78, 5) is 4.30. The number of hydrogen-bond acceptors (Lipinski definition) is 4. The lowest BCUT2D eigenvalue weighted by atomic mass is 9.62. The molecular formula is C24H30N2O2. The van der Waals surface area contributed by atoms with Crippen molar-refractivity contribution in [1.29, 1.82) is 0 Å². The molecule has 1 atom stereocenters. The predicted octanol–water partition coefficient (Wildman–Crippen LogP) is 3.17. The lowest BCUT2D eigenvalue weighted by molar-refractivity contribution is -0.0768. The van der Waals surface area contributed by atoms with Gasteiger partial charge in [0, 0.05) is 24.7 Å². The average Bonchev–Trinajstić information content (AvgIpc) is 2.63. The fourth-order valence-electron chi connectivity index (χ4n) is 3.67. The smallest absolute Gasteiger partial charge is 0.122 e. The highest BCUT2D eigenvalue weighted by Gasteiger charge is 2.53. The Labute approximate surface area is 168 Å². The number of aliphatic hydroxyl groups is 2. The van der Waals surface area contributed by atoms with Crippen LogP contribution in [-0.4, -0.2) is 33.9 Å². The monoisotopic (exact) mass is 378 g/mol. The molecular weight excluding hydrogens is 348 g/mol. The van der Waals surface area contributed by atoms with Crippen molar-refractivity contribution in [3.63, 3.8) is 0 Å². The van der Waals surface area contributed by atoms with Crippen LogP contribution < -0.4 is 5.32 Å². The molecule has 1 aliphatic rings. The summed E-state index contributed by atoms with van der Waals surface area (Å²) < 4.78 is 0. The zero-order valence-corrected chi connectivity index (χ0v) is 17.4. The Morgan fingerprint density at radius 1 is 1.07 bits per heavy atom. The third-order valence-corrected chi connectivity index (χ3v) is 5.57. The molecule has 2 heterocycles. The summed E-state index contributed by atoms with van der Waals surface area (Å²) in [5.74, 6) is 6.15. The first kappa shape index (κ1) is 20.5. The molecule has 0 amide bonds. The van der Waals surface area contributed by atoms with E-state index in [0.717, 1.165) is 24.2 Å². The van der Waals surface area contributed by atoms with Crippen molar-refractivity contribution < 1.29 is 10.2 Å². The van der Waals surface area contributed by atoms with Crippen molar-refractivity contribution in [2.24, 2.45) is 5.41 Å². The van der Waals surface area contributed by atoms with Crippen LogP contribution in [0.3, 0.4) is 0 Å². The number of pyridine rings is 1. The Morgan fingerprint density at radius 3 is 2.21 bits per heavy atom. The van der Waals surface area contributed by atoms with E-state index in [1.807, 2.05) is 24.3 Å². The molecule has 3 rings (SSSR count). The highest BCUT2D eigenvalue weighted by molar-refractivity contribution is 5.44. The van der Waals surface area contributed by atoms with Gasteiger partial charge in [0.1, 0.15) is 16.9 Å². The molecule has 0 bridgehead atoms. The van der Waals surface area contributed by atoms with Gasteiger partial charge in [-0.25, -0.2) is 4.98 Å². The normalized spacial score (nSPS) is 18.0. The van der Waals surface area contributed by atoms with Gasteiger partial charge in [0.05, 0.1) is 0 Å². The average molecular weight is 379 g/mol. The van der Waals surface area contributed by atoms with Gasteiger partial charge in [0.15, 0.2) is 0 Å². The second-order valence-electron chi connectivity index (χ2n) is 8.89. The van der Waals surface area contributed by atoms with Crippen LogP contribution in [-0.2, 0) is 5.60 Å². The molecule has 1 aromatic carbocycles. The standard InChI is InChI=1S/C24H30N2O2/c1-17(2)18-6-8-19(9-7-18)24(28,23(5)15-25-16-23)20-11-13-26-21(14-20)10-12-22(3,4)27/h6-9,11,13-14,17,25,27-28H,15-16H2,1-5H3/t24-/m0/s1. The summed E-state index contributed by atoms with van der Waals surface area (Å²) in [6, 6.07) is 11.9. The van der Waals surface area contributed by atoms with Crippen LogP contribution in [0.25, 0.3) is 0 Å². The van der Waals surface area contributed by atoms with Gasteiger partial charge in [-0.15, -0.1) is 0 Å². The Bertz CT molecular complexity index is 897. The maximum atomic E-state index is 12.0. The van der Waals surface area contributed by atoms with Crippen molar-refractivity contribution in [3.05, 3.63) is 65.0 Å². The minimum atomic E-state index is -1.16. The molecule has 0 saturated carbocycles. The molecule has 28 heavy (non-hydrogen) atoms. The lowest BCUT2D eigenvalue weighted by Crippen LogP contribution is -2.63. The molecule has 0 radical (unpaired) electrons. The lowest BCUT2D eigenvalue weighted by Gasteiger charge is -2.52. The minimum Gasteiger partial charge on any atom is -0.380 e. The highest BCUT2D eigenvalue weighted by atomic mass is 16.3. The summed E-state index contributed by atoms with van der Waals surface area (Å²) >= 11 is 0. The second kappa shape index (κ2) is 7.33. The van der Waals surface area contributed by atoms with Gasteiger partial charge in [0.2, 0.25) is 0 Å². The Balaban J connectivity index is 2.10. The Morgan fingerprint density at radius 2 is 1.71 bits per heavy atom. The number of nitrogens with one attached hydrogen (secondary N) is 1. The van der Waals surface area contributed by atoms with Crippen molar-refractivity contribution in [3.8, 4) is 11.8 Å². The van der Waals surface area contributed by atoms with Crippen LogP contribution in [0.2, 0.25) is 0 Å². The van der Waals surface area contributed by atoms with Crippen LogP contribution in [0.15, 0.2) is 42.6 Å². The Hall–Kier alpha value is -2.19. The van der Waals surface area contributed by atoms with Gasteiger partial charge in [-0.3, -0.25) is 0 Å². The molecule has 4 heteroatoms. The zero-order valence-electron chi connectivity index (χ0n) is 17.4. The van der Waals surface area contributed by atoms with Gasteiger partial charge >= 0.3 is 0 Å². The molecule has 148 valence electrons. The first-order valence-corrected chi connectivity index (χ1v) is 9.81.